The van der Waals surface area contributed by atoms with Crippen LogP contribution < -0.4 is 5.32 Å². The van der Waals surface area contributed by atoms with Crippen LogP contribution in [-0.4, -0.2) is 32.9 Å². The van der Waals surface area contributed by atoms with Crippen LogP contribution in [0.3, 0.4) is 0 Å². The van der Waals surface area contributed by atoms with Crippen molar-refractivity contribution in [2.75, 3.05) is 11.1 Å². The fraction of sp³-hybridized carbons (Fsp3) is 0.250. The van der Waals surface area contributed by atoms with Gasteiger partial charge in [0.15, 0.2) is 4.34 Å². The predicted molar refractivity (Wildman–Crippen MR) is 60.3 cm³/mol. The number of carboxylic acid groups (broad SMARTS) is 1. The van der Waals surface area contributed by atoms with E-state index in [1.807, 2.05) is 0 Å². The minimum absolute atomic E-state index is 0.0860. The van der Waals surface area contributed by atoms with Crippen LogP contribution in [0.25, 0.3) is 0 Å². The quantitative estimate of drug-likeness (QED) is 0.468. The van der Waals surface area contributed by atoms with E-state index < -0.39 is 11.9 Å². The molecule has 0 aliphatic rings. The van der Waals surface area contributed by atoms with E-state index in [0.717, 1.165) is 23.1 Å². The van der Waals surface area contributed by atoms with Crippen molar-refractivity contribution in [3.8, 4) is 11.8 Å². The predicted octanol–water partition coefficient (Wildman–Crippen LogP) is 0.677. The van der Waals surface area contributed by atoms with Gasteiger partial charge in [0.1, 0.15) is 0 Å². The maximum absolute atomic E-state index is 11.0. The summed E-state index contributed by atoms with van der Waals surface area (Å²) in [5.74, 6) is 3.26. The van der Waals surface area contributed by atoms with Crippen LogP contribution in [0.2, 0.25) is 0 Å². The van der Waals surface area contributed by atoms with Crippen molar-refractivity contribution in [1.82, 2.24) is 10.2 Å². The molecule has 0 aromatic carbocycles. The molecule has 0 fully saturated rings. The zero-order valence-electron chi connectivity index (χ0n) is 8.18. The van der Waals surface area contributed by atoms with Crippen LogP contribution >= 0.6 is 23.1 Å². The molecule has 0 bridgehead atoms. The highest BCUT2D eigenvalue weighted by molar-refractivity contribution is 8.01. The zero-order valence-corrected chi connectivity index (χ0v) is 9.81. The summed E-state index contributed by atoms with van der Waals surface area (Å²) in [7, 11) is 0. The minimum Gasteiger partial charge on any atom is -0.481 e. The van der Waals surface area contributed by atoms with E-state index in [1.165, 1.54) is 0 Å². The third kappa shape index (κ3) is 4.29. The van der Waals surface area contributed by atoms with Crippen LogP contribution in [0.5, 0.6) is 0 Å². The lowest BCUT2D eigenvalue weighted by atomic mass is 10.6. The van der Waals surface area contributed by atoms with Gasteiger partial charge in [0, 0.05) is 0 Å². The summed E-state index contributed by atoms with van der Waals surface area (Å²) in [6.07, 6.45) is 0. The Hall–Kier alpha value is -1.59. The van der Waals surface area contributed by atoms with E-state index in [1.54, 1.807) is 6.92 Å². The van der Waals surface area contributed by atoms with Crippen molar-refractivity contribution in [2.45, 2.75) is 11.3 Å². The van der Waals surface area contributed by atoms with Crippen molar-refractivity contribution in [3.63, 3.8) is 0 Å². The number of rotatable bonds is 4. The Morgan fingerprint density at radius 1 is 1.56 bits per heavy atom. The molecule has 0 radical (unpaired) electrons. The van der Waals surface area contributed by atoms with Crippen LogP contribution in [0.4, 0.5) is 5.13 Å². The van der Waals surface area contributed by atoms with Gasteiger partial charge in [-0.25, -0.2) is 0 Å². The van der Waals surface area contributed by atoms with E-state index in [0.29, 0.717) is 9.47 Å². The van der Waals surface area contributed by atoms with Crippen LogP contribution in [-0.2, 0) is 9.59 Å². The number of carbonyl (C=O) groups is 2. The van der Waals surface area contributed by atoms with Gasteiger partial charge in [-0.05, 0) is 12.8 Å². The summed E-state index contributed by atoms with van der Waals surface area (Å²) in [5.41, 5.74) is 0. The van der Waals surface area contributed by atoms with Crippen LogP contribution in [0.15, 0.2) is 4.34 Å². The Morgan fingerprint density at radius 2 is 2.31 bits per heavy atom. The Labute approximate surface area is 99.5 Å². The SMILES string of the molecule is CC#CC(=O)Nc1nnc(SCC(=O)O)s1. The molecular formula is C8H7N3O3S2. The van der Waals surface area contributed by atoms with E-state index in [2.05, 4.69) is 27.4 Å². The number of carbonyl (C=O) groups excluding carboxylic acids is 1. The number of carboxylic acids is 1. The van der Waals surface area contributed by atoms with Gasteiger partial charge in [0.25, 0.3) is 0 Å². The first-order chi connectivity index (χ1) is 7.61. The van der Waals surface area contributed by atoms with Gasteiger partial charge in [-0.3, -0.25) is 14.9 Å². The Kier molecular flexibility index (Phi) is 4.75. The van der Waals surface area contributed by atoms with Gasteiger partial charge < -0.3 is 5.11 Å². The molecule has 0 spiro atoms. The Balaban J connectivity index is 2.53. The molecule has 1 heterocycles. The van der Waals surface area contributed by atoms with Gasteiger partial charge in [0.2, 0.25) is 5.13 Å². The summed E-state index contributed by atoms with van der Waals surface area (Å²) in [4.78, 5) is 21.3. The Bertz CT molecular complexity index is 461. The van der Waals surface area contributed by atoms with Crippen LogP contribution in [0.1, 0.15) is 6.92 Å². The second-order valence-corrected chi connectivity index (χ2v) is 4.58. The molecule has 0 saturated carbocycles. The fourth-order valence-electron chi connectivity index (χ4n) is 0.684. The summed E-state index contributed by atoms with van der Waals surface area (Å²) in [6.45, 7) is 1.55. The molecule has 1 amide bonds. The number of hydrogen-bond donors (Lipinski definition) is 2. The lowest BCUT2D eigenvalue weighted by Crippen LogP contribution is -2.07. The van der Waals surface area contributed by atoms with Gasteiger partial charge in [0.05, 0.1) is 5.75 Å². The lowest BCUT2D eigenvalue weighted by molar-refractivity contribution is -0.133. The average Bonchev–Trinajstić information content (AvgIpc) is 2.63. The molecule has 1 aromatic rings. The first-order valence-corrected chi connectivity index (χ1v) is 5.84. The number of thioether (sulfide) groups is 1. The van der Waals surface area contributed by atoms with E-state index in [9.17, 15) is 9.59 Å². The third-order valence-electron chi connectivity index (χ3n) is 1.18. The molecule has 8 heteroatoms. The maximum atomic E-state index is 11.0. The molecular weight excluding hydrogens is 250 g/mol. The number of aliphatic carboxylic acids is 1. The number of anilines is 1. The number of nitrogens with zero attached hydrogens (tertiary/aromatic N) is 2. The second kappa shape index (κ2) is 6.09. The molecule has 84 valence electrons. The first kappa shape index (κ1) is 12.5. The topological polar surface area (TPSA) is 92.2 Å². The van der Waals surface area contributed by atoms with Crippen LogP contribution in [0, 0.1) is 11.8 Å². The standard InChI is InChI=1S/C8H7N3O3S2/c1-2-3-5(12)9-7-10-11-8(16-7)15-4-6(13)14/h4H2,1H3,(H,13,14)(H,9,10,12). The van der Waals surface area contributed by atoms with E-state index >= 15 is 0 Å². The number of hydrogen-bond acceptors (Lipinski definition) is 6. The molecule has 2 N–H and O–H groups in total. The highest BCUT2D eigenvalue weighted by Crippen LogP contribution is 2.24. The lowest BCUT2D eigenvalue weighted by Gasteiger charge is -1.90. The van der Waals surface area contributed by atoms with Crippen molar-refractivity contribution < 1.29 is 14.7 Å². The molecule has 1 rings (SSSR count). The zero-order chi connectivity index (χ0) is 12.0. The Morgan fingerprint density at radius 3 is 2.94 bits per heavy atom. The van der Waals surface area contributed by atoms with Gasteiger partial charge in [-0.2, -0.15) is 0 Å². The van der Waals surface area contributed by atoms with E-state index in [-0.39, 0.29) is 5.75 Å². The summed E-state index contributed by atoms with van der Waals surface area (Å²) in [6, 6.07) is 0. The van der Waals surface area contributed by atoms with Crippen molar-refractivity contribution in [2.24, 2.45) is 0 Å². The largest absolute Gasteiger partial charge is 0.481 e. The summed E-state index contributed by atoms with van der Waals surface area (Å²) >= 11 is 2.15. The number of nitrogens with one attached hydrogen (secondary N) is 1. The second-order valence-electron chi connectivity index (χ2n) is 2.38. The summed E-state index contributed by atoms with van der Waals surface area (Å²) in [5, 5.41) is 18.6. The number of amides is 1. The van der Waals surface area contributed by atoms with Crippen molar-refractivity contribution in [1.29, 1.82) is 0 Å². The molecule has 6 nitrogen and oxygen atoms in total. The van der Waals surface area contributed by atoms with Gasteiger partial charge >= 0.3 is 11.9 Å². The molecule has 0 aliphatic carbocycles. The van der Waals surface area contributed by atoms with E-state index in [4.69, 9.17) is 5.11 Å². The van der Waals surface area contributed by atoms with Gasteiger partial charge in [-0.15, -0.1) is 10.2 Å². The van der Waals surface area contributed by atoms with Crippen molar-refractivity contribution >= 4 is 40.1 Å². The molecule has 0 unspecified atom stereocenters. The summed E-state index contributed by atoms with van der Waals surface area (Å²) < 4.78 is 0.488. The maximum Gasteiger partial charge on any atom is 0.313 e. The average molecular weight is 257 g/mol. The smallest absolute Gasteiger partial charge is 0.313 e. The molecule has 0 aliphatic heterocycles. The highest BCUT2D eigenvalue weighted by Gasteiger charge is 2.08. The van der Waals surface area contributed by atoms with Gasteiger partial charge in [-0.1, -0.05) is 29.0 Å². The van der Waals surface area contributed by atoms with Crippen molar-refractivity contribution in [3.05, 3.63) is 0 Å². The molecule has 0 atom stereocenters. The number of aromatic nitrogens is 2. The molecule has 1 aromatic heterocycles. The fourth-order valence-corrected chi connectivity index (χ4v) is 2.15. The third-order valence-corrected chi connectivity index (χ3v) is 3.14. The molecule has 0 saturated heterocycles. The minimum atomic E-state index is -0.928. The highest BCUT2D eigenvalue weighted by atomic mass is 32.2. The normalized spacial score (nSPS) is 9.06. The first-order valence-electron chi connectivity index (χ1n) is 4.03. The molecule has 16 heavy (non-hydrogen) atoms. The monoisotopic (exact) mass is 257 g/mol.